The maximum absolute atomic E-state index is 12.9. The molecule has 0 N–H and O–H groups in total. The van der Waals surface area contributed by atoms with Gasteiger partial charge in [0.05, 0.1) is 0 Å². The molecule has 0 saturated heterocycles. The minimum absolute atomic E-state index is 0.292. The number of rotatable bonds is 2. The van der Waals surface area contributed by atoms with Crippen molar-refractivity contribution in [3.05, 3.63) is 59.9 Å². The first-order chi connectivity index (χ1) is 8.24. The van der Waals surface area contributed by atoms with Crippen LogP contribution in [0.2, 0.25) is 0 Å². The fourth-order valence-electron chi connectivity index (χ4n) is 1.35. The lowest BCUT2D eigenvalue weighted by molar-refractivity contribution is 0.476. The van der Waals surface area contributed by atoms with E-state index in [1.165, 1.54) is 12.1 Å². The van der Waals surface area contributed by atoms with Crippen LogP contribution in [0.15, 0.2) is 48.5 Å². The number of ether oxygens (including phenoxy) is 1. The number of aryl methyl sites for hydroxylation is 1. The number of hydrogen-bond acceptors (Lipinski definition) is 1. The van der Waals surface area contributed by atoms with Gasteiger partial charge in [0, 0.05) is 6.07 Å². The van der Waals surface area contributed by atoms with Crippen molar-refractivity contribution in [2.24, 2.45) is 0 Å². The summed E-state index contributed by atoms with van der Waals surface area (Å²) in [6.07, 6.45) is 0. The Morgan fingerprint density at radius 2 is 1.47 bits per heavy atom. The van der Waals surface area contributed by atoms with E-state index in [0.29, 0.717) is 5.75 Å². The predicted molar refractivity (Wildman–Crippen MR) is 69.0 cm³/mol. The maximum atomic E-state index is 12.9. The van der Waals surface area contributed by atoms with Crippen molar-refractivity contribution in [1.82, 2.24) is 0 Å². The third-order valence-electron chi connectivity index (χ3n) is 2.02. The molecule has 0 spiro atoms. The van der Waals surface area contributed by atoms with E-state index in [1.807, 2.05) is 45.0 Å². The van der Waals surface area contributed by atoms with E-state index < -0.39 is 0 Å². The van der Waals surface area contributed by atoms with Gasteiger partial charge in [-0.15, -0.1) is 0 Å². The molecular weight excluding hydrogens is 215 g/mol. The van der Waals surface area contributed by atoms with Crippen molar-refractivity contribution < 1.29 is 9.13 Å². The van der Waals surface area contributed by atoms with Gasteiger partial charge in [0.15, 0.2) is 0 Å². The molecular formula is C15H17FO. The smallest absolute Gasteiger partial charge is 0.130 e. The van der Waals surface area contributed by atoms with Gasteiger partial charge in [-0.25, -0.2) is 4.39 Å². The van der Waals surface area contributed by atoms with Crippen molar-refractivity contribution in [1.29, 1.82) is 0 Å². The Morgan fingerprint density at radius 3 is 2.06 bits per heavy atom. The van der Waals surface area contributed by atoms with Crippen LogP contribution in [0, 0.1) is 12.7 Å². The van der Waals surface area contributed by atoms with Gasteiger partial charge in [0.1, 0.15) is 17.3 Å². The second-order valence-electron chi connectivity index (χ2n) is 3.38. The van der Waals surface area contributed by atoms with Gasteiger partial charge in [-0.3, -0.25) is 0 Å². The normalized spacial score (nSPS) is 9.18. The standard InChI is InChI=1S/C13H11FO.C2H6/c1-10-4-2-6-12(8-10)15-13-7-3-5-11(14)9-13;1-2/h2-9H,1H3;1-2H3. The molecule has 0 atom stereocenters. The molecule has 1 nitrogen and oxygen atoms in total. The van der Waals surface area contributed by atoms with E-state index in [4.69, 9.17) is 4.74 Å². The molecule has 0 amide bonds. The number of hydrogen-bond donors (Lipinski definition) is 0. The molecule has 0 bridgehead atoms. The van der Waals surface area contributed by atoms with Crippen molar-refractivity contribution in [3.8, 4) is 11.5 Å². The summed E-state index contributed by atoms with van der Waals surface area (Å²) in [6.45, 7) is 5.98. The Labute approximate surface area is 102 Å². The van der Waals surface area contributed by atoms with Crippen molar-refractivity contribution >= 4 is 0 Å². The second kappa shape index (κ2) is 6.69. The SMILES string of the molecule is CC.Cc1cccc(Oc2cccc(F)c2)c1. The summed E-state index contributed by atoms with van der Waals surface area (Å²) >= 11 is 0. The first-order valence-electron chi connectivity index (χ1n) is 5.74. The highest BCUT2D eigenvalue weighted by molar-refractivity contribution is 5.33. The third-order valence-corrected chi connectivity index (χ3v) is 2.02. The lowest BCUT2D eigenvalue weighted by atomic mass is 10.2. The lowest BCUT2D eigenvalue weighted by Crippen LogP contribution is -1.85. The van der Waals surface area contributed by atoms with Crippen LogP contribution in [0.3, 0.4) is 0 Å². The first-order valence-corrected chi connectivity index (χ1v) is 5.74. The van der Waals surface area contributed by atoms with Gasteiger partial charge in [-0.1, -0.05) is 32.0 Å². The van der Waals surface area contributed by atoms with Crippen LogP contribution in [0.4, 0.5) is 4.39 Å². The zero-order chi connectivity index (χ0) is 12.7. The molecule has 0 unspecified atom stereocenters. The zero-order valence-corrected chi connectivity index (χ0v) is 10.4. The summed E-state index contributed by atoms with van der Waals surface area (Å²) in [6, 6.07) is 13.8. The van der Waals surface area contributed by atoms with Gasteiger partial charge in [-0.2, -0.15) is 0 Å². The molecule has 0 aliphatic carbocycles. The van der Waals surface area contributed by atoms with E-state index in [9.17, 15) is 4.39 Å². The molecule has 0 aliphatic rings. The van der Waals surface area contributed by atoms with Crippen LogP contribution in [0.5, 0.6) is 11.5 Å². The Morgan fingerprint density at radius 1 is 0.882 bits per heavy atom. The predicted octanol–water partition coefficient (Wildman–Crippen LogP) is 4.95. The topological polar surface area (TPSA) is 9.23 Å². The van der Waals surface area contributed by atoms with Crippen LogP contribution in [-0.4, -0.2) is 0 Å². The number of benzene rings is 2. The van der Waals surface area contributed by atoms with E-state index in [1.54, 1.807) is 12.1 Å². The van der Waals surface area contributed by atoms with Crippen LogP contribution >= 0.6 is 0 Å². The summed E-state index contributed by atoms with van der Waals surface area (Å²) in [5, 5.41) is 0. The molecule has 0 saturated carbocycles. The van der Waals surface area contributed by atoms with Crippen LogP contribution in [-0.2, 0) is 0 Å². The highest BCUT2D eigenvalue weighted by Crippen LogP contribution is 2.22. The molecule has 0 radical (unpaired) electrons. The van der Waals surface area contributed by atoms with Crippen molar-refractivity contribution in [3.63, 3.8) is 0 Å². The fourth-order valence-corrected chi connectivity index (χ4v) is 1.35. The fraction of sp³-hybridized carbons (Fsp3) is 0.200. The van der Waals surface area contributed by atoms with E-state index >= 15 is 0 Å². The molecule has 17 heavy (non-hydrogen) atoms. The monoisotopic (exact) mass is 232 g/mol. The average molecular weight is 232 g/mol. The Hall–Kier alpha value is -1.83. The average Bonchev–Trinajstić information content (AvgIpc) is 2.31. The summed E-state index contributed by atoms with van der Waals surface area (Å²) in [7, 11) is 0. The van der Waals surface area contributed by atoms with Crippen LogP contribution < -0.4 is 4.74 Å². The van der Waals surface area contributed by atoms with E-state index in [-0.39, 0.29) is 5.82 Å². The van der Waals surface area contributed by atoms with Crippen molar-refractivity contribution in [2.45, 2.75) is 20.8 Å². The molecule has 2 aromatic carbocycles. The largest absolute Gasteiger partial charge is 0.457 e. The highest BCUT2D eigenvalue weighted by atomic mass is 19.1. The molecule has 0 fully saturated rings. The molecule has 0 heterocycles. The molecule has 2 heteroatoms. The first kappa shape index (κ1) is 13.2. The number of halogens is 1. The van der Waals surface area contributed by atoms with Gasteiger partial charge in [0.2, 0.25) is 0 Å². The second-order valence-corrected chi connectivity index (χ2v) is 3.38. The van der Waals surface area contributed by atoms with Gasteiger partial charge < -0.3 is 4.74 Å². The minimum atomic E-state index is -0.292. The molecule has 0 aromatic heterocycles. The summed E-state index contributed by atoms with van der Waals surface area (Å²) in [5.74, 6) is 0.946. The molecule has 0 aliphatic heterocycles. The van der Waals surface area contributed by atoms with Crippen LogP contribution in [0.25, 0.3) is 0 Å². The van der Waals surface area contributed by atoms with Crippen molar-refractivity contribution in [2.75, 3.05) is 0 Å². The molecule has 90 valence electrons. The van der Waals surface area contributed by atoms with Gasteiger partial charge in [0.25, 0.3) is 0 Å². The summed E-state index contributed by atoms with van der Waals surface area (Å²) in [5.41, 5.74) is 1.11. The summed E-state index contributed by atoms with van der Waals surface area (Å²) in [4.78, 5) is 0. The maximum Gasteiger partial charge on any atom is 0.130 e. The van der Waals surface area contributed by atoms with E-state index in [2.05, 4.69) is 0 Å². The Bertz CT molecular complexity index is 422. The molecule has 2 aromatic rings. The van der Waals surface area contributed by atoms with Gasteiger partial charge >= 0.3 is 0 Å². The third kappa shape index (κ3) is 4.27. The Balaban J connectivity index is 0.000000686. The summed E-state index contributed by atoms with van der Waals surface area (Å²) < 4.78 is 18.4. The minimum Gasteiger partial charge on any atom is -0.457 e. The zero-order valence-electron chi connectivity index (χ0n) is 10.4. The van der Waals surface area contributed by atoms with E-state index in [0.717, 1.165) is 11.3 Å². The van der Waals surface area contributed by atoms with Crippen LogP contribution in [0.1, 0.15) is 19.4 Å². The Kier molecular flexibility index (Phi) is 5.21. The highest BCUT2D eigenvalue weighted by Gasteiger charge is 1.98. The quantitative estimate of drug-likeness (QED) is 0.711. The van der Waals surface area contributed by atoms with Gasteiger partial charge in [-0.05, 0) is 36.8 Å². The molecule has 2 rings (SSSR count). The lowest BCUT2D eigenvalue weighted by Gasteiger charge is -2.05.